The quantitative estimate of drug-likeness (QED) is 0.543. The molecule has 0 saturated heterocycles. The highest BCUT2D eigenvalue weighted by Crippen LogP contribution is 2.24. The SMILES string of the molecule is [C-]#[N+]c1cccc(-c2cc3nc(Cc4ncccc4CO)nn3c(N)n2)c1. The number of rotatable bonds is 4. The Kier molecular flexibility index (Phi) is 4.20. The Morgan fingerprint density at radius 3 is 2.85 bits per heavy atom. The molecule has 0 atom stereocenters. The summed E-state index contributed by atoms with van der Waals surface area (Å²) in [5.74, 6) is 0.738. The van der Waals surface area contributed by atoms with Crippen molar-refractivity contribution in [3.05, 3.63) is 77.2 Å². The van der Waals surface area contributed by atoms with E-state index in [9.17, 15) is 5.11 Å². The molecule has 0 aliphatic rings. The summed E-state index contributed by atoms with van der Waals surface area (Å²) >= 11 is 0. The number of nitrogens with zero attached hydrogens (tertiary/aromatic N) is 6. The summed E-state index contributed by atoms with van der Waals surface area (Å²) in [6.45, 7) is 7.05. The molecule has 8 nitrogen and oxygen atoms in total. The number of pyridine rings is 1. The summed E-state index contributed by atoms with van der Waals surface area (Å²) in [5, 5.41) is 13.8. The predicted octanol–water partition coefficient (Wildman–Crippen LogP) is 2.40. The van der Waals surface area contributed by atoms with E-state index in [4.69, 9.17) is 12.3 Å². The maximum absolute atomic E-state index is 9.45. The normalized spacial score (nSPS) is 10.8. The monoisotopic (exact) mass is 357 g/mol. The minimum Gasteiger partial charge on any atom is -0.392 e. The highest BCUT2D eigenvalue weighted by Gasteiger charge is 2.13. The lowest BCUT2D eigenvalue weighted by atomic mass is 10.1. The van der Waals surface area contributed by atoms with Gasteiger partial charge in [0.15, 0.2) is 17.2 Å². The van der Waals surface area contributed by atoms with Crippen molar-refractivity contribution in [1.29, 1.82) is 0 Å². The molecule has 27 heavy (non-hydrogen) atoms. The van der Waals surface area contributed by atoms with Gasteiger partial charge >= 0.3 is 0 Å². The molecule has 0 radical (unpaired) electrons. The minimum absolute atomic E-state index is 0.0955. The predicted molar refractivity (Wildman–Crippen MR) is 99.9 cm³/mol. The molecule has 0 unspecified atom stereocenters. The molecule has 0 amide bonds. The first-order chi connectivity index (χ1) is 13.2. The second kappa shape index (κ2) is 6.82. The van der Waals surface area contributed by atoms with Crippen LogP contribution in [0.1, 0.15) is 17.1 Å². The number of nitrogen functional groups attached to an aromatic ring is 1. The van der Waals surface area contributed by atoms with Crippen LogP contribution in [-0.2, 0) is 13.0 Å². The van der Waals surface area contributed by atoms with Gasteiger partial charge in [0.25, 0.3) is 0 Å². The van der Waals surface area contributed by atoms with E-state index in [0.29, 0.717) is 35.0 Å². The molecular weight excluding hydrogens is 342 g/mol. The molecule has 0 aliphatic carbocycles. The van der Waals surface area contributed by atoms with E-state index in [-0.39, 0.29) is 12.6 Å². The van der Waals surface area contributed by atoms with Gasteiger partial charge in [0.05, 0.1) is 31.0 Å². The van der Waals surface area contributed by atoms with E-state index in [1.165, 1.54) is 4.52 Å². The molecule has 4 aromatic rings. The number of fused-ring (bicyclic) bond motifs is 1. The average Bonchev–Trinajstić information content (AvgIpc) is 3.11. The molecule has 0 aliphatic heterocycles. The Balaban J connectivity index is 1.74. The molecule has 0 spiro atoms. The van der Waals surface area contributed by atoms with Crippen LogP contribution >= 0.6 is 0 Å². The number of aliphatic hydroxyl groups is 1. The van der Waals surface area contributed by atoms with E-state index >= 15 is 0 Å². The van der Waals surface area contributed by atoms with Gasteiger partial charge in [0, 0.05) is 12.3 Å². The van der Waals surface area contributed by atoms with Gasteiger partial charge in [-0.3, -0.25) is 4.98 Å². The number of hydrogen-bond acceptors (Lipinski definition) is 6. The minimum atomic E-state index is -0.0955. The lowest BCUT2D eigenvalue weighted by Crippen LogP contribution is -2.04. The third-order valence-corrected chi connectivity index (χ3v) is 4.15. The third kappa shape index (κ3) is 3.19. The van der Waals surface area contributed by atoms with Crippen molar-refractivity contribution in [3.63, 3.8) is 0 Å². The fourth-order valence-corrected chi connectivity index (χ4v) is 2.84. The van der Waals surface area contributed by atoms with Crippen molar-refractivity contribution in [2.24, 2.45) is 0 Å². The van der Waals surface area contributed by atoms with Gasteiger partial charge in [0.2, 0.25) is 5.95 Å². The zero-order chi connectivity index (χ0) is 18.8. The van der Waals surface area contributed by atoms with Crippen molar-refractivity contribution in [3.8, 4) is 11.3 Å². The topological polar surface area (TPSA) is 107 Å². The van der Waals surface area contributed by atoms with Crippen LogP contribution in [0.5, 0.6) is 0 Å². The molecule has 3 N–H and O–H groups in total. The lowest BCUT2D eigenvalue weighted by Gasteiger charge is -2.04. The van der Waals surface area contributed by atoms with Crippen molar-refractivity contribution in [2.45, 2.75) is 13.0 Å². The fourth-order valence-electron chi connectivity index (χ4n) is 2.84. The molecule has 0 bridgehead atoms. The third-order valence-electron chi connectivity index (χ3n) is 4.15. The second-order valence-electron chi connectivity index (χ2n) is 5.90. The number of anilines is 1. The standard InChI is InChI=1S/C19H15N7O/c1-21-14-6-2-4-12(8-14)16-10-18-24-17(25-26(18)19(20)23-16)9-15-13(11-27)5-3-7-22-15/h2-8,10,27H,9,11H2,(H2,20,23). The summed E-state index contributed by atoms with van der Waals surface area (Å²) in [6, 6.07) is 12.5. The molecule has 0 saturated carbocycles. The van der Waals surface area contributed by atoms with Gasteiger partial charge in [-0.25, -0.2) is 14.8 Å². The number of aliphatic hydroxyl groups excluding tert-OH is 1. The van der Waals surface area contributed by atoms with Crippen molar-refractivity contribution in [1.82, 2.24) is 24.6 Å². The molecule has 1 aromatic carbocycles. The zero-order valence-electron chi connectivity index (χ0n) is 14.2. The highest BCUT2D eigenvalue weighted by molar-refractivity contribution is 5.69. The Morgan fingerprint density at radius 1 is 1.15 bits per heavy atom. The van der Waals surface area contributed by atoms with E-state index in [1.807, 2.05) is 12.1 Å². The largest absolute Gasteiger partial charge is 0.392 e. The smallest absolute Gasteiger partial charge is 0.223 e. The van der Waals surface area contributed by atoms with Gasteiger partial charge in [0.1, 0.15) is 0 Å². The Morgan fingerprint density at radius 2 is 2.04 bits per heavy atom. The Bertz CT molecular complexity index is 1180. The molecule has 132 valence electrons. The van der Waals surface area contributed by atoms with Gasteiger partial charge in [-0.15, -0.1) is 5.10 Å². The number of nitrogens with two attached hydrogens (primary N) is 1. The van der Waals surface area contributed by atoms with Crippen molar-refractivity contribution >= 4 is 17.3 Å². The molecule has 8 heteroatoms. The maximum Gasteiger partial charge on any atom is 0.223 e. The van der Waals surface area contributed by atoms with E-state index in [0.717, 1.165) is 11.1 Å². The van der Waals surface area contributed by atoms with Gasteiger partial charge in [-0.05, 0) is 23.3 Å². The number of hydrogen-bond donors (Lipinski definition) is 2. The molecule has 3 heterocycles. The number of aromatic nitrogens is 5. The van der Waals surface area contributed by atoms with Crippen LogP contribution in [0, 0.1) is 6.57 Å². The highest BCUT2D eigenvalue weighted by atomic mass is 16.3. The van der Waals surface area contributed by atoms with Crippen LogP contribution in [0.25, 0.3) is 21.7 Å². The lowest BCUT2D eigenvalue weighted by molar-refractivity contribution is 0.280. The molecule has 3 aromatic heterocycles. The van der Waals surface area contributed by atoms with Crippen molar-refractivity contribution < 1.29 is 5.11 Å². The van der Waals surface area contributed by atoms with Crippen LogP contribution < -0.4 is 5.73 Å². The Labute approximate surface area is 154 Å². The first kappa shape index (κ1) is 16.6. The van der Waals surface area contributed by atoms with Crippen LogP contribution in [-0.4, -0.2) is 29.7 Å². The van der Waals surface area contributed by atoms with Crippen LogP contribution in [0.15, 0.2) is 48.7 Å². The van der Waals surface area contributed by atoms with E-state index in [1.54, 1.807) is 36.5 Å². The van der Waals surface area contributed by atoms with Gasteiger partial charge < -0.3 is 10.8 Å². The first-order valence-corrected chi connectivity index (χ1v) is 8.21. The van der Waals surface area contributed by atoms with Gasteiger partial charge in [-0.1, -0.05) is 24.3 Å². The van der Waals surface area contributed by atoms with Gasteiger partial charge in [-0.2, -0.15) is 4.52 Å². The Hall–Kier alpha value is -3.83. The summed E-state index contributed by atoms with van der Waals surface area (Å²) in [6.07, 6.45) is 2.04. The van der Waals surface area contributed by atoms with Crippen LogP contribution in [0.2, 0.25) is 0 Å². The fraction of sp³-hybridized carbons (Fsp3) is 0.105. The summed E-state index contributed by atoms with van der Waals surface area (Å²) in [7, 11) is 0. The second-order valence-corrected chi connectivity index (χ2v) is 5.90. The van der Waals surface area contributed by atoms with Crippen LogP contribution in [0.4, 0.5) is 11.6 Å². The maximum atomic E-state index is 9.45. The summed E-state index contributed by atoms with van der Waals surface area (Å²) < 4.78 is 1.47. The zero-order valence-corrected chi connectivity index (χ0v) is 14.2. The molecule has 0 fully saturated rings. The first-order valence-electron chi connectivity index (χ1n) is 8.21. The van der Waals surface area contributed by atoms with E-state index < -0.39 is 0 Å². The van der Waals surface area contributed by atoms with Crippen LogP contribution in [0.3, 0.4) is 0 Å². The van der Waals surface area contributed by atoms with Crippen molar-refractivity contribution in [2.75, 3.05) is 5.73 Å². The molecule has 4 rings (SSSR count). The summed E-state index contributed by atoms with van der Waals surface area (Å²) in [4.78, 5) is 16.6. The summed E-state index contributed by atoms with van der Waals surface area (Å²) in [5.41, 5.74) is 10.0. The average molecular weight is 357 g/mol. The molecular formula is C19H15N7O. The number of benzene rings is 1. The van der Waals surface area contributed by atoms with E-state index in [2.05, 4.69) is 24.9 Å².